The van der Waals surface area contributed by atoms with E-state index in [1.807, 2.05) is 42.5 Å². The molecule has 2 unspecified atom stereocenters. The largest absolute Gasteiger partial charge is 0.478 e. The van der Waals surface area contributed by atoms with Gasteiger partial charge in [0, 0.05) is 24.7 Å². The van der Waals surface area contributed by atoms with E-state index in [2.05, 4.69) is 17.0 Å². The number of aromatic carboxylic acids is 1. The summed E-state index contributed by atoms with van der Waals surface area (Å²) in [6, 6.07) is 24.7. The fourth-order valence-electron chi connectivity index (χ4n) is 4.74. The summed E-state index contributed by atoms with van der Waals surface area (Å²) in [4.78, 5) is 26.6. The minimum Gasteiger partial charge on any atom is -0.478 e. The second-order valence-electron chi connectivity index (χ2n) is 8.30. The molecule has 1 saturated heterocycles. The maximum absolute atomic E-state index is 12.9. The number of hydrogen-bond acceptors (Lipinski definition) is 3. The first-order chi connectivity index (χ1) is 15.6. The molecule has 0 saturated carbocycles. The molecule has 1 amide bonds. The number of carbonyl (C=O) groups is 2. The van der Waals surface area contributed by atoms with E-state index in [9.17, 15) is 14.7 Å². The third-order valence-corrected chi connectivity index (χ3v) is 6.28. The Hall–Kier alpha value is -3.60. The van der Waals surface area contributed by atoms with Gasteiger partial charge in [-0.3, -0.25) is 4.79 Å². The molecule has 32 heavy (non-hydrogen) atoms. The van der Waals surface area contributed by atoms with Gasteiger partial charge in [0.15, 0.2) is 0 Å². The van der Waals surface area contributed by atoms with Crippen LogP contribution in [0.1, 0.15) is 58.1 Å². The Morgan fingerprint density at radius 3 is 2.03 bits per heavy atom. The van der Waals surface area contributed by atoms with Crippen molar-refractivity contribution in [2.45, 2.75) is 31.1 Å². The molecule has 3 aromatic carbocycles. The summed E-state index contributed by atoms with van der Waals surface area (Å²) in [5, 5.41) is 9.27. The van der Waals surface area contributed by atoms with E-state index in [-0.39, 0.29) is 11.5 Å². The lowest BCUT2D eigenvalue weighted by atomic mass is 9.76. The molecule has 2 atom stereocenters. The first-order valence-corrected chi connectivity index (χ1v) is 11.1. The number of nitrogens with zero attached hydrogens (tertiary/aromatic N) is 1. The van der Waals surface area contributed by atoms with Crippen LogP contribution >= 0.6 is 0 Å². The number of carbonyl (C=O) groups excluding carboxylic acids is 1. The summed E-state index contributed by atoms with van der Waals surface area (Å²) < 4.78 is 0. The Morgan fingerprint density at radius 2 is 1.41 bits per heavy atom. The molecule has 0 spiro atoms. The van der Waals surface area contributed by atoms with Gasteiger partial charge in [-0.15, -0.1) is 0 Å². The fourth-order valence-corrected chi connectivity index (χ4v) is 4.74. The molecule has 3 N–H and O–H groups in total. The van der Waals surface area contributed by atoms with E-state index in [0.29, 0.717) is 5.56 Å². The number of benzene rings is 3. The fraction of sp³-hybridized carbons (Fsp3) is 0.259. The second kappa shape index (κ2) is 9.69. The van der Waals surface area contributed by atoms with Gasteiger partial charge in [0.25, 0.3) is 0 Å². The van der Waals surface area contributed by atoms with Crippen molar-refractivity contribution in [2.24, 2.45) is 5.73 Å². The predicted molar refractivity (Wildman–Crippen MR) is 126 cm³/mol. The van der Waals surface area contributed by atoms with Gasteiger partial charge in [-0.2, -0.15) is 0 Å². The van der Waals surface area contributed by atoms with Gasteiger partial charge >= 0.3 is 5.97 Å². The van der Waals surface area contributed by atoms with Crippen molar-refractivity contribution in [3.63, 3.8) is 0 Å². The predicted octanol–water partition coefficient (Wildman–Crippen LogP) is 4.78. The van der Waals surface area contributed by atoms with Gasteiger partial charge in [-0.25, -0.2) is 4.79 Å². The minimum atomic E-state index is -0.998. The van der Waals surface area contributed by atoms with Crippen LogP contribution in [0.3, 0.4) is 0 Å². The number of primary amides is 1. The molecule has 3 aromatic rings. The highest BCUT2D eigenvalue weighted by atomic mass is 16.4. The van der Waals surface area contributed by atoms with Crippen molar-refractivity contribution in [3.8, 4) is 0 Å². The molecule has 0 aromatic heterocycles. The van der Waals surface area contributed by atoms with Crippen molar-refractivity contribution in [1.82, 2.24) is 0 Å². The number of hydrogen-bond donors (Lipinski definition) is 2. The van der Waals surface area contributed by atoms with Crippen LogP contribution < -0.4 is 10.6 Å². The molecular formula is C27H28N2O3. The number of nitrogens with two attached hydrogens (primary N) is 1. The zero-order valence-electron chi connectivity index (χ0n) is 18.0. The van der Waals surface area contributed by atoms with Crippen LogP contribution in [0, 0.1) is 0 Å². The number of amides is 1. The Kier molecular flexibility index (Phi) is 6.55. The summed E-state index contributed by atoms with van der Waals surface area (Å²) in [6.45, 7) is 1.99. The third-order valence-electron chi connectivity index (χ3n) is 6.28. The number of carboxylic acid groups (broad SMARTS) is 1. The average molecular weight is 429 g/mol. The van der Waals surface area contributed by atoms with Crippen LogP contribution in [0.2, 0.25) is 0 Å². The van der Waals surface area contributed by atoms with Crippen molar-refractivity contribution in [2.75, 3.05) is 18.0 Å². The molecule has 1 aliphatic heterocycles. The lowest BCUT2D eigenvalue weighted by molar-refractivity contribution is -0.119. The van der Waals surface area contributed by atoms with Gasteiger partial charge in [0.05, 0.1) is 11.5 Å². The van der Waals surface area contributed by atoms with E-state index in [0.717, 1.165) is 42.7 Å². The van der Waals surface area contributed by atoms with Crippen LogP contribution in [0.15, 0.2) is 78.9 Å². The highest BCUT2D eigenvalue weighted by Crippen LogP contribution is 2.42. The van der Waals surface area contributed by atoms with Gasteiger partial charge in [0.2, 0.25) is 5.91 Å². The van der Waals surface area contributed by atoms with Crippen LogP contribution in [0.5, 0.6) is 0 Å². The summed E-state index contributed by atoms with van der Waals surface area (Å²) >= 11 is 0. The molecule has 0 aliphatic carbocycles. The number of rotatable bonds is 7. The van der Waals surface area contributed by atoms with Gasteiger partial charge < -0.3 is 15.7 Å². The molecule has 0 bridgehead atoms. The average Bonchev–Trinajstić information content (AvgIpc) is 2.83. The number of piperidine rings is 1. The molecular weight excluding hydrogens is 400 g/mol. The van der Waals surface area contributed by atoms with E-state index in [1.165, 1.54) is 18.6 Å². The van der Waals surface area contributed by atoms with Crippen molar-refractivity contribution >= 4 is 17.6 Å². The maximum Gasteiger partial charge on any atom is 0.335 e. The second-order valence-corrected chi connectivity index (χ2v) is 8.30. The molecule has 0 radical (unpaired) electrons. The highest BCUT2D eigenvalue weighted by molar-refractivity contribution is 5.88. The molecule has 1 heterocycles. The van der Waals surface area contributed by atoms with Gasteiger partial charge in [-0.1, -0.05) is 60.7 Å². The molecule has 164 valence electrons. The van der Waals surface area contributed by atoms with Crippen LogP contribution in [-0.4, -0.2) is 30.1 Å². The van der Waals surface area contributed by atoms with E-state index >= 15 is 0 Å². The maximum atomic E-state index is 12.9. The standard InChI is InChI=1S/C27H28N2O3/c28-26(30)25(20-13-15-21(16-14-20)27(31)32)24(19-9-3-1-4-10-19)22-11-5-6-12-23(22)29-17-7-2-8-18-29/h1,3-6,9-16,24-25H,2,7-8,17-18H2,(H2,28,30)(H,31,32). The molecule has 5 heteroatoms. The smallest absolute Gasteiger partial charge is 0.335 e. The normalized spacial score (nSPS) is 15.7. The van der Waals surface area contributed by atoms with Gasteiger partial charge in [-0.05, 0) is 54.2 Å². The molecule has 1 fully saturated rings. The Balaban J connectivity index is 1.86. The first-order valence-electron chi connectivity index (χ1n) is 11.1. The topological polar surface area (TPSA) is 83.6 Å². The summed E-state index contributed by atoms with van der Waals surface area (Å²) in [7, 11) is 0. The Bertz CT molecular complexity index is 1070. The minimum absolute atomic E-state index is 0.182. The van der Waals surface area contributed by atoms with Crippen molar-refractivity contribution in [1.29, 1.82) is 0 Å². The number of anilines is 1. The van der Waals surface area contributed by atoms with Crippen LogP contribution in [0.4, 0.5) is 5.69 Å². The monoisotopic (exact) mass is 428 g/mol. The summed E-state index contributed by atoms with van der Waals surface area (Å²) in [5.41, 5.74) is 10.1. The number of carboxylic acids is 1. The summed E-state index contributed by atoms with van der Waals surface area (Å²) in [5.74, 6) is -2.36. The van der Waals surface area contributed by atoms with Crippen LogP contribution in [-0.2, 0) is 4.79 Å². The molecule has 1 aliphatic rings. The zero-order chi connectivity index (χ0) is 22.5. The third kappa shape index (κ3) is 4.52. The number of para-hydroxylation sites is 1. The Labute approximate surface area is 188 Å². The molecule has 5 nitrogen and oxygen atoms in total. The summed E-state index contributed by atoms with van der Waals surface area (Å²) in [6.07, 6.45) is 3.54. The lowest BCUT2D eigenvalue weighted by Crippen LogP contribution is -2.32. The van der Waals surface area contributed by atoms with Gasteiger partial charge in [0.1, 0.15) is 0 Å². The van der Waals surface area contributed by atoms with E-state index in [4.69, 9.17) is 5.73 Å². The quantitative estimate of drug-likeness (QED) is 0.567. The highest BCUT2D eigenvalue weighted by Gasteiger charge is 2.33. The van der Waals surface area contributed by atoms with Crippen molar-refractivity contribution < 1.29 is 14.7 Å². The zero-order valence-corrected chi connectivity index (χ0v) is 18.0. The van der Waals surface area contributed by atoms with E-state index in [1.54, 1.807) is 12.1 Å². The Morgan fingerprint density at radius 1 is 0.781 bits per heavy atom. The SMILES string of the molecule is NC(=O)C(c1ccc(C(=O)O)cc1)C(c1ccccc1)c1ccccc1N1CCCCC1. The first kappa shape index (κ1) is 21.6. The lowest BCUT2D eigenvalue weighted by Gasteiger charge is -2.34. The van der Waals surface area contributed by atoms with Crippen molar-refractivity contribution in [3.05, 3.63) is 101 Å². The molecule has 4 rings (SSSR count). The van der Waals surface area contributed by atoms with E-state index < -0.39 is 17.8 Å². The van der Waals surface area contributed by atoms with Crippen LogP contribution in [0.25, 0.3) is 0 Å².